The Balaban J connectivity index is 1.43. The van der Waals surface area contributed by atoms with Gasteiger partial charge in [-0.25, -0.2) is 4.98 Å². The zero-order chi connectivity index (χ0) is 14.3. The predicted octanol–water partition coefficient (Wildman–Crippen LogP) is 1.71. The fourth-order valence-electron chi connectivity index (χ4n) is 2.09. The molecule has 21 heavy (non-hydrogen) atoms. The SMILES string of the molecule is c1ccc(-n2ncc(CNCCCc3ncc[nH]3)n2)cc1. The molecule has 0 atom stereocenters. The second kappa shape index (κ2) is 6.81. The Morgan fingerprint density at radius 1 is 1.19 bits per heavy atom. The Morgan fingerprint density at radius 3 is 2.90 bits per heavy atom. The third-order valence-electron chi connectivity index (χ3n) is 3.15. The smallest absolute Gasteiger partial charge is 0.106 e. The summed E-state index contributed by atoms with van der Waals surface area (Å²) in [4.78, 5) is 8.96. The maximum Gasteiger partial charge on any atom is 0.106 e. The Hall–Kier alpha value is -2.47. The van der Waals surface area contributed by atoms with Crippen molar-refractivity contribution in [3.05, 3.63) is 60.4 Å². The van der Waals surface area contributed by atoms with E-state index < -0.39 is 0 Å². The molecular weight excluding hydrogens is 264 g/mol. The van der Waals surface area contributed by atoms with Crippen LogP contribution in [0.5, 0.6) is 0 Å². The van der Waals surface area contributed by atoms with Crippen LogP contribution in [-0.2, 0) is 13.0 Å². The molecule has 0 saturated carbocycles. The monoisotopic (exact) mass is 282 g/mol. The molecule has 108 valence electrons. The molecule has 0 amide bonds. The van der Waals surface area contributed by atoms with Crippen LogP contribution in [0.1, 0.15) is 17.9 Å². The first-order valence-electron chi connectivity index (χ1n) is 7.07. The Bertz CT molecular complexity index is 644. The van der Waals surface area contributed by atoms with Gasteiger partial charge in [0, 0.05) is 25.4 Å². The van der Waals surface area contributed by atoms with Crippen molar-refractivity contribution in [2.24, 2.45) is 0 Å². The van der Waals surface area contributed by atoms with Crippen LogP contribution in [0, 0.1) is 0 Å². The lowest BCUT2D eigenvalue weighted by atomic mass is 10.3. The van der Waals surface area contributed by atoms with Gasteiger partial charge in [-0.3, -0.25) is 0 Å². The summed E-state index contributed by atoms with van der Waals surface area (Å²) < 4.78 is 0. The molecule has 0 aliphatic rings. The number of nitrogens with zero attached hydrogens (tertiary/aromatic N) is 4. The van der Waals surface area contributed by atoms with Gasteiger partial charge in [0.05, 0.1) is 17.6 Å². The van der Waals surface area contributed by atoms with Crippen molar-refractivity contribution in [3.63, 3.8) is 0 Å². The van der Waals surface area contributed by atoms with Crippen molar-refractivity contribution in [1.82, 2.24) is 30.3 Å². The average molecular weight is 282 g/mol. The molecule has 3 rings (SSSR count). The maximum absolute atomic E-state index is 4.45. The number of hydrogen-bond acceptors (Lipinski definition) is 4. The topological polar surface area (TPSA) is 71.4 Å². The molecule has 6 heteroatoms. The summed E-state index contributed by atoms with van der Waals surface area (Å²) in [6, 6.07) is 9.91. The molecule has 0 spiro atoms. The van der Waals surface area contributed by atoms with Crippen LogP contribution >= 0.6 is 0 Å². The first-order chi connectivity index (χ1) is 10.4. The molecule has 2 N–H and O–H groups in total. The van der Waals surface area contributed by atoms with Gasteiger partial charge in [-0.1, -0.05) is 18.2 Å². The molecule has 0 radical (unpaired) electrons. The maximum atomic E-state index is 4.45. The van der Waals surface area contributed by atoms with Gasteiger partial charge >= 0.3 is 0 Å². The zero-order valence-electron chi connectivity index (χ0n) is 11.7. The van der Waals surface area contributed by atoms with Gasteiger partial charge in [-0.15, -0.1) is 0 Å². The molecule has 0 unspecified atom stereocenters. The van der Waals surface area contributed by atoms with Crippen molar-refractivity contribution in [3.8, 4) is 5.69 Å². The lowest BCUT2D eigenvalue weighted by Crippen LogP contribution is -2.16. The number of H-pyrrole nitrogens is 1. The van der Waals surface area contributed by atoms with E-state index >= 15 is 0 Å². The molecule has 1 aromatic carbocycles. The van der Waals surface area contributed by atoms with Crippen molar-refractivity contribution >= 4 is 0 Å². The minimum Gasteiger partial charge on any atom is -0.349 e. The van der Waals surface area contributed by atoms with Gasteiger partial charge in [0.2, 0.25) is 0 Å². The van der Waals surface area contributed by atoms with Crippen LogP contribution in [0.25, 0.3) is 5.69 Å². The van der Waals surface area contributed by atoms with E-state index in [9.17, 15) is 0 Å². The van der Waals surface area contributed by atoms with Gasteiger partial charge < -0.3 is 10.3 Å². The zero-order valence-corrected chi connectivity index (χ0v) is 11.7. The number of aromatic amines is 1. The third-order valence-corrected chi connectivity index (χ3v) is 3.15. The van der Waals surface area contributed by atoms with E-state index in [1.807, 2.05) is 36.5 Å². The quantitative estimate of drug-likeness (QED) is 0.647. The van der Waals surface area contributed by atoms with Gasteiger partial charge in [0.1, 0.15) is 5.82 Å². The minimum absolute atomic E-state index is 0.727. The first kappa shape index (κ1) is 13.5. The molecule has 0 aliphatic heterocycles. The van der Waals surface area contributed by atoms with Crippen LogP contribution in [0.3, 0.4) is 0 Å². The summed E-state index contributed by atoms with van der Waals surface area (Å²) in [6.45, 7) is 1.66. The number of benzene rings is 1. The van der Waals surface area contributed by atoms with E-state index in [0.717, 1.165) is 43.1 Å². The number of nitrogens with one attached hydrogen (secondary N) is 2. The fourth-order valence-corrected chi connectivity index (χ4v) is 2.09. The first-order valence-corrected chi connectivity index (χ1v) is 7.07. The number of aryl methyl sites for hydroxylation is 1. The molecule has 0 saturated heterocycles. The molecule has 0 fully saturated rings. The second-order valence-electron chi connectivity index (χ2n) is 4.78. The molecule has 3 aromatic rings. The highest BCUT2D eigenvalue weighted by molar-refractivity contribution is 5.28. The van der Waals surface area contributed by atoms with Crippen LogP contribution in [0.2, 0.25) is 0 Å². The summed E-state index contributed by atoms with van der Waals surface area (Å²) in [7, 11) is 0. The highest BCUT2D eigenvalue weighted by atomic mass is 15.5. The predicted molar refractivity (Wildman–Crippen MR) is 80.0 cm³/mol. The van der Waals surface area contributed by atoms with Crippen molar-refractivity contribution < 1.29 is 0 Å². The normalized spacial score (nSPS) is 10.9. The van der Waals surface area contributed by atoms with Crippen LogP contribution in [0.4, 0.5) is 0 Å². The summed E-state index contributed by atoms with van der Waals surface area (Å²) in [6.07, 6.45) is 7.43. The van der Waals surface area contributed by atoms with Gasteiger partial charge in [-0.05, 0) is 25.1 Å². The van der Waals surface area contributed by atoms with Crippen molar-refractivity contribution in [1.29, 1.82) is 0 Å². The summed E-state index contributed by atoms with van der Waals surface area (Å²) in [5, 5.41) is 12.1. The molecule has 6 nitrogen and oxygen atoms in total. The third kappa shape index (κ3) is 3.76. The second-order valence-corrected chi connectivity index (χ2v) is 4.78. The van der Waals surface area contributed by atoms with Gasteiger partial charge in [-0.2, -0.15) is 15.0 Å². The van der Waals surface area contributed by atoms with Gasteiger partial charge in [0.25, 0.3) is 0 Å². The Kier molecular flexibility index (Phi) is 4.38. The molecule has 0 aliphatic carbocycles. The fraction of sp³-hybridized carbons (Fsp3) is 0.267. The summed E-state index contributed by atoms with van der Waals surface area (Å²) in [5.74, 6) is 1.03. The van der Waals surface area contributed by atoms with Crippen LogP contribution in [-0.4, -0.2) is 31.5 Å². The lowest BCUT2D eigenvalue weighted by Gasteiger charge is -2.01. The number of hydrogen-bond donors (Lipinski definition) is 2. The molecule has 2 aromatic heterocycles. The van der Waals surface area contributed by atoms with E-state index in [2.05, 4.69) is 25.5 Å². The summed E-state index contributed by atoms with van der Waals surface area (Å²) in [5.41, 5.74) is 1.92. The molecule has 2 heterocycles. The number of aromatic nitrogens is 5. The largest absolute Gasteiger partial charge is 0.349 e. The van der Waals surface area contributed by atoms with E-state index in [1.165, 1.54) is 0 Å². The van der Waals surface area contributed by atoms with Crippen LogP contribution in [0.15, 0.2) is 48.9 Å². The van der Waals surface area contributed by atoms with Crippen LogP contribution < -0.4 is 5.32 Å². The number of rotatable bonds is 7. The van der Waals surface area contributed by atoms with E-state index in [-0.39, 0.29) is 0 Å². The Labute approximate surface area is 123 Å². The standard InChI is InChI=1S/C15H18N6/c1-2-5-14(6-3-1)21-19-12-13(20-21)11-16-8-4-7-15-17-9-10-18-15/h1-3,5-6,9-10,12,16H,4,7-8,11H2,(H,17,18). The van der Waals surface area contributed by atoms with Crippen molar-refractivity contribution in [2.45, 2.75) is 19.4 Å². The number of imidazole rings is 1. The van der Waals surface area contributed by atoms with E-state index in [0.29, 0.717) is 0 Å². The van der Waals surface area contributed by atoms with E-state index in [4.69, 9.17) is 0 Å². The lowest BCUT2D eigenvalue weighted by molar-refractivity contribution is 0.626. The highest BCUT2D eigenvalue weighted by Gasteiger charge is 2.02. The average Bonchev–Trinajstić information content (AvgIpc) is 3.19. The van der Waals surface area contributed by atoms with Crippen molar-refractivity contribution in [2.75, 3.05) is 6.54 Å². The molecular formula is C15H18N6. The van der Waals surface area contributed by atoms with Gasteiger partial charge in [0.15, 0.2) is 0 Å². The summed E-state index contributed by atoms with van der Waals surface area (Å²) >= 11 is 0. The number of para-hydroxylation sites is 1. The van der Waals surface area contributed by atoms with E-state index in [1.54, 1.807) is 17.2 Å². The highest BCUT2D eigenvalue weighted by Crippen LogP contribution is 2.04. The molecule has 0 bridgehead atoms. The minimum atomic E-state index is 0.727. The Morgan fingerprint density at radius 2 is 2.10 bits per heavy atom.